The number of benzene rings is 2. The fourth-order valence-electron chi connectivity index (χ4n) is 2.88. The smallest absolute Gasteiger partial charge is 0.232 e. The highest BCUT2D eigenvalue weighted by Gasteiger charge is 2.13. The first-order valence-electron chi connectivity index (χ1n) is 9.11. The second kappa shape index (κ2) is 8.56. The Labute approximate surface area is 166 Å². The highest BCUT2D eigenvalue weighted by molar-refractivity contribution is 5.77. The number of pyridine rings is 1. The number of nitrogens with zero attached hydrogens (tertiary/aromatic N) is 3. The maximum Gasteiger partial charge on any atom is 0.232 e. The van der Waals surface area contributed by atoms with Gasteiger partial charge in [0.2, 0.25) is 5.88 Å². The molecule has 0 aliphatic heterocycles. The van der Waals surface area contributed by atoms with Gasteiger partial charge in [0, 0.05) is 29.4 Å². The van der Waals surface area contributed by atoms with E-state index in [-0.39, 0.29) is 11.6 Å². The summed E-state index contributed by atoms with van der Waals surface area (Å²) in [5, 5.41) is 0. The van der Waals surface area contributed by atoms with Gasteiger partial charge < -0.3 is 4.74 Å². The fourth-order valence-corrected chi connectivity index (χ4v) is 2.88. The molecular weight excluding hydrogens is 372 g/mol. The molecule has 0 aliphatic rings. The minimum Gasteiger partial charge on any atom is -0.476 e. The molecule has 144 valence electrons. The average Bonchev–Trinajstić information content (AvgIpc) is 2.76. The standard InChI is InChI=1S/C23H17F2N3O/c24-18-8-4-16(5-9-18)22-23(17-6-10-19(25)11-7-17)28-21(15-27-22)29-14-12-20-3-1-2-13-26-20/h1-11,13,15H,12,14H2. The first kappa shape index (κ1) is 18.7. The summed E-state index contributed by atoms with van der Waals surface area (Å²) in [4.78, 5) is 13.3. The lowest BCUT2D eigenvalue weighted by atomic mass is 10.0. The van der Waals surface area contributed by atoms with Crippen molar-refractivity contribution in [2.75, 3.05) is 6.61 Å². The molecule has 6 heteroatoms. The lowest BCUT2D eigenvalue weighted by Crippen LogP contribution is -2.05. The van der Waals surface area contributed by atoms with Gasteiger partial charge in [0.25, 0.3) is 0 Å². The first-order valence-corrected chi connectivity index (χ1v) is 9.11. The van der Waals surface area contributed by atoms with Crippen molar-refractivity contribution in [2.45, 2.75) is 6.42 Å². The van der Waals surface area contributed by atoms with Gasteiger partial charge in [-0.2, -0.15) is 0 Å². The molecule has 2 heterocycles. The van der Waals surface area contributed by atoms with Gasteiger partial charge in [-0.1, -0.05) is 6.07 Å². The molecule has 4 aromatic rings. The molecule has 0 radical (unpaired) electrons. The molecule has 0 amide bonds. The third-order valence-corrected chi connectivity index (χ3v) is 4.32. The van der Waals surface area contributed by atoms with Crippen LogP contribution < -0.4 is 4.74 Å². The van der Waals surface area contributed by atoms with Gasteiger partial charge >= 0.3 is 0 Å². The van der Waals surface area contributed by atoms with E-state index >= 15 is 0 Å². The van der Waals surface area contributed by atoms with Crippen molar-refractivity contribution < 1.29 is 13.5 Å². The predicted molar refractivity (Wildman–Crippen MR) is 106 cm³/mol. The number of hydrogen-bond acceptors (Lipinski definition) is 4. The molecule has 2 aromatic heterocycles. The molecule has 0 fully saturated rings. The predicted octanol–water partition coefficient (Wildman–Crippen LogP) is 5.11. The Morgan fingerprint density at radius 3 is 2.00 bits per heavy atom. The molecule has 4 nitrogen and oxygen atoms in total. The molecule has 2 aromatic carbocycles. The molecular formula is C23H17F2N3O. The zero-order chi connectivity index (χ0) is 20.1. The van der Waals surface area contributed by atoms with E-state index in [1.807, 2.05) is 18.2 Å². The number of aromatic nitrogens is 3. The number of ether oxygens (including phenoxy) is 1. The highest BCUT2D eigenvalue weighted by atomic mass is 19.1. The highest BCUT2D eigenvalue weighted by Crippen LogP contribution is 2.30. The monoisotopic (exact) mass is 389 g/mol. The van der Waals surface area contributed by atoms with Crippen LogP contribution in [0.1, 0.15) is 5.69 Å². The lowest BCUT2D eigenvalue weighted by molar-refractivity contribution is 0.307. The van der Waals surface area contributed by atoms with Crippen LogP contribution in [0.15, 0.2) is 79.1 Å². The first-order chi connectivity index (χ1) is 14.2. The van der Waals surface area contributed by atoms with E-state index in [0.717, 1.165) is 5.69 Å². The molecule has 0 spiro atoms. The van der Waals surface area contributed by atoms with Crippen molar-refractivity contribution in [1.82, 2.24) is 15.0 Å². The van der Waals surface area contributed by atoms with Crippen molar-refractivity contribution in [1.29, 1.82) is 0 Å². The Hall–Kier alpha value is -3.67. The Bertz CT molecular complexity index is 1090. The van der Waals surface area contributed by atoms with Crippen LogP contribution in [0.4, 0.5) is 8.78 Å². The SMILES string of the molecule is Fc1ccc(-c2ncc(OCCc3ccccn3)nc2-c2ccc(F)cc2)cc1. The minimum absolute atomic E-state index is 0.334. The molecule has 0 saturated heterocycles. The van der Waals surface area contributed by atoms with Crippen molar-refractivity contribution >= 4 is 0 Å². The van der Waals surface area contributed by atoms with E-state index in [1.165, 1.54) is 30.5 Å². The van der Waals surface area contributed by atoms with Crippen molar-refractivity contribution in [3.63, 3.8) is 0 Å². The van der Waals surface area contributed by atoms with E-state index in [1.54, 1.807) is 30.5 Å². The van der Waals surface area contributed by atoms with Crippen LogP contribution in [0.25, 0.3) is 22.5 Å². The van der Waals surface area contributed by atoms with Gasteiger partial charge in [-0.15, -0.1) is 0 Å². The third-order valence-electron chi connectivity index (χ3n) is 4.32. The zero-order valence-electron chi connectivity index (χ0n) is 15.4. The van der Waals surface area contributed by atoms with Crippen LogP contribution in [0.2, 0.25) is 0 Å². The molecule has 0 N–H and O–H groups in total. The van der Waals surface area contributed by atoms with E-state index in [4.69, 9.17) is 4.74 Å². The van der Waals surface area contributed by atoms with Crippen molar-refractivity contribution in [2.24, 2.45) is 0 Å². The molecule has 0 saturated carbocycles. The quantitative estimate of drug-likeness (QED) is 0.460. The summed E-state index contributed by atoms with van der Waals surface area (Å²) in [5.41, 5.74) is 3.41. The molecule has 0 unspecified atom stereocenters. The van der Waals surface area contributed by atoms with Crippen LogP contribution >= 0.6 is 0 Å². The Morgan fingerprint density at radius 2 is 1.38 bits per heavy atom. The van der Waals surface area contributed by atoms with E-state index in [2.05, 4.69) is 15.0 Å². The van der Waals surface area contributed by atoms with Gasteiger partial charge in [-0.05, 0) is 60.7 Å². The zero-order valence-corrected chi connectivity index (χ0v) is 15.4. The second-order valence-electron chi connectivity index (χ2n) is 6.34. The molecule has 4 rings (SSSR count). The Kier molecular flexibility index (Phi) is 5.52. The van der Waals surface area contributed by atoms with E-state index < -0.39 is 0 Å². The van der Waals surface area contributed by atoms with Crippen LogP contribution in [-0.2, 0) is 6.42 Å². The molecule has 0 aliphatic carbocycles. The number of rotatable bonds is 6. The summed E-state index contributed by atoms with van der Waals surface area (Å²) < 4.78 is 32.4. The summed E-state index contributed by atoms with van der Waals surface area (Å²) in [6, 6.07) is 17.7. The molecule has 0 atom stereocenters. The fraction of sp³-hybridized carbons (Fsp3) is 0.0870. The van der Waals surface area contributed by atoms with Gasteiger partial charge in [0.15, 0.2) is 0 Å². The summed E-state index contributed by atoms with van der Waals surface area (Å²) >= 11 is 0. The Morgan fingerprint density at radius 1 is 0.724 bits per heavy atom. The largest absolute Gasteiger partial charge is 0.476 e. The summed E-state index contributed by atoms with van der Waals surface area (Å²) in [6.45, 7) is 0.393. The third kappa shape index (κ3) is 4.60. The van der Waals surface area contributed by atoms with Gasteiger partial charge in [0.05, 0.1) is 18.5 Å². The summed E-state index contributed by atoms with van der Waals surface area (Å²) in [7, 11) is 0. The maximum absolute atomic E-state index is 13.4. The number of halogens is 2. The van der Waals surface area contributed by atoms with Gasteiger partial charge in [-0.3, -0.25) is 4.98 Å². The summed E-state index contributed by atoms with van der Waals surface area (Å²) in [6.07, 6.45) is 3.90. The second-order valence-corrected chi connectivity index (χ2v) is 6.34. The van der Waals surface area contributed by atoms with Crippen molar-refractivity contribution in [3.8, 4) is 28.4 Å². The number of hydrogen-bond donors (Lipinski definition) is 0. The van der Waals surface area contributed by atoms with Gasteiger partial charge in [0.1, 0.15) is 17.3 Å². The van der Waals surface area contributed by atoms with E-state index in [9.17, 15) is 8.78 Å². The van der Waals surface area contributed by atoms with Gasteiger partial charge in [-0.25, -0.2) is 18.7 Å². The van der Waals surface area contributed by atoms with Crippen molar-refractivity contribution in [3.05, 3.63) is 96.5 Å². The normalized spacial score (nSPS) is 10.7. The van der Waals surface area contributed by atoms with Crippen LogP contribution in [0.3, 0.4) is 0 Å². The molecule has 0 bridgehead atoms. The van der Waals surface area contributed by atoms with Crippen LogP contribution in [0.5, 0.6) is 5.88 Å². The summed E-state index contributed by atoms with van der Waals surface area (Å²) in [5.74, 6) is -0.321. The topological polar surface area (TPSA) is 47.9 Å². The van der Waals surface area contributed by atoms with Crippen LogP contribution in [0, 0.1) is 11.6 Å². The lowest BCUT2D eigenvalue weighted by Gasteiger charge is -2.11. The van der Waals surface area contributed by atoms with E-state index in [0.29, 0.717) is 41.4 Å². The van der Waals surface area contributed by atoms with Crippen LogP contribution in [-0.4, -0.2) is 21.6 Å². The Balaban J connectivity index is 1.63. The maximum atomic E-state index is 13.4. The minimum atomic E-state index is -0.340. The average molecular weight is 389 g/mol. The molecule has 29 heavy (non-hydrogen) atoms.